The predicted molar refractivity (Wildman–Crippen MR) is 97.2 cm³/mol. The molecule has 1 aromatic heterocycles. The Balaban J connectivity index is 2.08. The third kappa shape index (κ3) is 2.73. The van der Waals surface area contributed by atoms with Crippen LogP contribution in [-0.2, 0) is 6.54 Å². The molecular formula is C20H11ClF3N2O. The molecule has 1 radical (unpaired) electrons. The number of amides is 1. The standard InChI is InChI=1S/C20H11ClF3N2O/c21-10-4-5-11-17(8-10)26(9-13-14(22)6-7-15(23)19(13)24)16-3-1-2-12(18(11)16)20(25)27/h1-4,6-8H,9H2,(H2,25,27). The van der Waals surface area contributed by atoms with Gasteiger partial charge < -0.3 is 10.3 Å². The first-order valence-electron chi connectivity index (χ1n) is 7.93. The Hall–Kier alpha value is -2.99. The van der Waals surface area contributed by atoms with Gasteiger partial charge in [0.1, 0.15) is 5.82 Å². The molecule has 3 nitrogen and oxygen atoms in total. The molecule has 0 atom stereocenters. The lowest BCUT2D eigenvalue weighted by atomic mass is 10.1. The highest BCUT2D eigenvalue weighted by Gasteiger charge is 2.20. The van der Waals surface area contributed by atoms with E-state index in [4.69, 9.17) is 17.3 Å². The van der Waals surface area contributed by atoms with E-state index < -0.39 is 28.9 Å². The first-order chi connectivity index (χ1) is 12.9. The fraction of sp³-hybridized carbons (Fsp3) is 0.0500. The summed E-state index contributed by atoms with van der Waals surface area (Å²) >= 11 is 6.07. The predicted octanol–water partition coefficient (Wildman–Crippen LogP) is 4.81. The normalized spacial score (nSPS) is 11.4. The number of fused-ring (bicyclic) bond motifs is 3. The van der Waals surface area contributed by atoms with Crippen LogP contribution in [0.5, 0.6) is 0 Å². The van der Waals surface area contributed by atoms with Gasteiger partial charge in [0.25, 0.3) is 0 Å². The van der Waals surface area contributed by atoms with E-state index in [0.29, 0.717) is 26.8 Å². The molecule has 1 heterocycles. The number of halogens is 4. The van der Waals surface area contributed by atoms with Crippen molar-refractivity contribution in [2.24, 2.45) is 5.73 Å². The fourth-order valence-electron chi connectivity index (χ4n) is 3.28. The first kappa shape index (κ1) is 17.4. The van der Waals surface area contributed by atoms with Gasteiger partial charge in [0.05, 0.1) is 17.6 Å². The van der Waals surface area contributed by atoms with Crippen LogP contribution < -0.4 is 5.73 Å². The van der Waals surface area contributed by atoms with Gasteiger partial charge in [-0.15, -0.1) is 0 Å². The fourth-order valence-corrected chi connectivity index (χ4v) is 3.44. The molecule has 135 valence electrons. The van der Waals surface area contributed by atoms with Crippen LogP contribution in [0.2, 0.25) is 5.02 Å². The van der Waals surface area contributed by atoms with E-state index in [2.05, 4.69) is 6.07 Å². The number of hydrogen-bond donors (Lipinski definition) is 1. The Morgan fingerprint density at radius 1 is 1.11 bits per heavy atom. The minimum absolute atomic E-state index is 0.245. The van der Waals surface area contributed by atoms with Crippen LogP contribution in [0.4, 0.5) is 13.2 Å². The van der Waals surface area contributed by atoms with E-state index in [1.807, 2.05) is 0 Å². The molecule has 0 saturated heterocycles. The Morgan fingerprint density at radius 3 is 2.59 bits per heavy atom. The number of carbonyl (C=O) groups excluding carboxylic acids is 1. The van der Waals surface area contributed by atoms with Crippen molar-refractivity contribution in [3.8, 4) is 0 Å². The number of hydrogen-bond acceptors (Lipinski definition) is 1. The highest BCUT2D eigenvalue weighted by Crippen LogP contribution is 2.34. The smallest absolute Gasteiger partial charge is 0.249 e. The topological polar surface area (TPSA) is 48.0 Å². The van der Waals surface area contributed by atoms with E-state index >= 15 is 0 Å². The maximum atomic E-state index is 14.2. The zero-order valence-electron chi connectivity index (χ0n) is 13.7. The lowest BCUT2D eigenvalue weighted by Crippen LogP contribution is -2.11. The zero-order chi connectivity index (χ0) is 19.3. The Morgan fingerprint density at radius 2 is 1.85 bits per heavy atom. The summed E-state index contributed by atoms with van der Waals surface area (Å²) in [6, 6.07) is 12.5. The maximum absolute atomic E-state index is 14.2. The number of aromatic nitrogens is 1. The van der Waals surface area contributed by atoms with Gasteiger partial charge in [0, 0.05) is 26.9 Å². The van der Waals surface area contributed by atoms with Crippen molar-refractivity contribution >= 4 is 39.3 Å². The minimum Gasteiger partial charge on any atom is -0.366 e. The molecule has 0 unspecified atom stereocenters. The van der Waals surface area contributed by atoms with Crippen LogP contribution in [0.3, 0.4) is 0 Å². The van der Waals surface area contributed by atoms with Gasteiger partial charge in [-0.05, 0) is 42.5 Å². The van der Waals surface area contributed by atoms with Gasteiger partial charge in [-0.3, -0.25) is 4.79 Å². The monoisotopic (exact) mass is 387 g/mol. The summed E-state index contributed by atoms with van der Waals surface area (Å²) in [5.74, 6) is -3.93. The van der Waals surface area contributed by atoms with Crippen molar-refractivity contribution in [3.63, 3.8) is 0 Å². The average molecular weight is 388 g/mol. The number of benzene rings is 3. The minimum atomic E-state index is -1.26. The molecule has 0 aliphatic carbocycles. The molecule has 0 fully saturated rings. The number of carbonyl (C=O) groups is 1. The molecular weight excluding hydrogens is 377 g/mol. The summed E-state index contributed by atoms with van der Waals surface area (Å²) in [6.07, 6.45) is 0. The summed E-state index contributed by atoms with van der Waals surface area (Å²) in [5, 5.41) is 1.38. The molecule has 27 heavy (non-hydrogen) atoms. The maximum Gasteiger partial charge on any atom is 0.249 e. The molecule has 1 amide bonds. The molecule has 3 aromatic carbocycles. The average Bonchev–Trinajstić information content (AvgIpc) is 2.94. The van der Waals surface area contributed by atoms with Crippen molar-refractivity contribution in [3.05, 3.63) is 82.1 Å². The van der Waals surface area contributed by atoms with Gasteiger partial charge in [0.2, 0.25) is 5.91 Å². The third-order valence-corrected chi connectivity index (χ3v) is 4.70. The van der Waals surface area contributed by atoms with E-state index in [0.717, 1.165) is 12.1 Å². The van der Waals surface area contributed by atoms with Gasteiger partial charge in [-0.2, -0.15) is 0 Å². The molecule has 0 saturated carbocycles. The van der Waals surface area contributed by atoms with Crippen LogP contribution in [0.1, 0.15) is 15.9 Å². The Bertz CT molecular complexity index is 1230. The van der Waals surface area contributed by atoms with E-state index in [1.165, 1.54) is 6.07 Å². The molecule has 0 bridgehead atoms. The van der Waals surface area contributed by atoms with E-state index in [-0.39, 0.29) is 12.1 Å². The molecule has 2 N–H and O–H groups in total. The second-order valence-electron chi connectivity index (χ2n) is 6.05. The largest absolute Gasteiger partial charge is 0.366 e. The lowest BCUT2D eigenvalue weighted by Gasteiger charge is -2.10. The highest BCUT2D eigenvalue weighted by molar-refractivity contribution is 6.31. The summed E-state index contributed by atoms with van der Waals surface area (Å²) in [4.78, 5) is 11.8. The Kier molecular flexibility index (Phi) is 4.08. The summed E-state index contributed by atoms with van der Waals surface area (Å²) in [5.41, 5.74) is 6.28. The molecule has 4 rings (SSSR count). The van der Waals surface area contributed by atoms with Crippen molar-refractivity contribution in [1.29, 1.82) is 0 Å². The van der Waals surface area contributed by atoms with Gasteiger partial charge in [-0.1, -0.05) is 17.7 Å². The van der Waals surface area contributed by atoms with Crippen LogP contribution in [-0.4, -0.2) is 10.5 Å². The van der Waals surface area contributed by atoms with E-state index in [9.17, 15) is 18.0 Å². The number of primary amides is 1. The summed E-state index contributed by atoms with van der Waals surface area (Å²) in [7, 11) is 0. The number of nitrogens with two attached hydrogens (primary N) is 1. The van der Waals surface area contributed by atoms with Gasteiger partial charge in [-0.25, -0.2) is 13.2 Å². The second kappa shape index (κ2) is 6.32. The zero-order valence-corrected chi connectivity index (χ0v) is 14.4. The van der Waals surface area contributed by atoms with Crippen molar-refractivity contribution < 1.29 is 18.0 Å². The van der Waals surface area contributed by atoms with Gasteiger partial charge >= 0.3 is 0 Å². The third-order valence-electron chi connectivity index (χ3n) is 4.48. The Labute approximate surface area is 156 Å². The van der Waals surface area contributed by atoms with Crippen LogP contribution in [0.15, 0.2) is 42.5 Å². The van der Waals surface area contributed by atoms with Crippen molar-refractivity contribution in [1.82, 2.24) is 4.57 Å². The van der Waals surface area contributed by atoms with Gasteiger partial charge in [0.15, 0.2) is 11.6 Å². The lowest BCUT2D eigenvalue weighted by molar-refractivity contribution is 0.100. The number of nitrogens with zero attached hydrogens (tertiary/aromatic N) is 1. The molecule has 7 heteroatoms. The first-order valence-corrected chi connectivity index (χ1v) is 8.30. The van der Waals surface area contributed by atoms with E-state index in [1.54, 1.807) is 28.8 Å². The SMILES string of the molecule is NC(=O)c1cccc2c1c1[c]cc(Cl)cc1n2Cc1c(F)ccc(F)c1F. The quantitative estimate of drug-likeness (QED) is 0.504. The van der Waals surface area contributed by atoms with Crippen LogP contribution in [0.25, 0.3) is 21.8 Å². The second-order valence-corrected chi connectivity index (χ2v) is 6.49. The number of rotatable bonds is 3. The van der Waals surface area contributed by atoms with Crippen LogP contribution in [0, 0.1) is 23.5 Å². The highest BCUT2D eigenvalue weighted by atomic mass is 35.5. The molecule has 0 aliphatic heterocycles. The summed E-state index contributed by atoms with van der Waals surface area (Å²) < 4.78 is 43.6. The molecule has 0 aliphatic rings. The van der Waals surface area contributed by atoms with Crippen molar-refractivity contribution in [2.45, 2.75) is 6.54 Å². The summed E-state index contributed by atoms with van der Waals surface area (Å²) in [6.45, 7) is -0.300. The molecule has 0 spiro atoms. The van der Waals surface area contributed by atoms with Crippen molar-refractivity contribution in [2.75, 3.05) is 0 Å². The van der Waals surface area contributed by atoms with Crippen LogP contribution >= 0.6 is 11.6 Å². The molecule has 4 aromatic rings.